The van der Waals surface area contributed by atoms with Crippen molar-refractivity contribution >= 4 is 60.3 Å². The Kier molecular flexibility index (Phi) is 5.44. The lowest BCUT2D eigenvalue weighted by Crippen LogP contribution is -1.99. The molecule has 2 heteroatoms. The average molecular weight is 587 g/mol. The van der Waals surface area contributed by atoms with Gasteiger partial charge in [-0.3, -0.25) is 0 Å². The van der Waals surface area contributed by atoms with Crippen molar-refractivity contribution in [2.24, 2.45) is 0 Å². The predicted molar refractivity (Wildman–Crippen MR) is 195 cm³/mol. The van der Waals surface area contributed by atoms with E-state index in [2.05, 4.69) is 167 Å². The zero-order valence-electron chi connectivity index (χ0n) is 25.3. The first-order valence-corrected chi connectivity index (χ1v) is 16.2. The molecule has 0 saturated heterocycles. The zero-order chi connectivity index (χ0) is 30.2. The first kappa shape index (κ1) is 25.5. The summed E-state index contributed by atoms with van der Waals surface area (Å²) >= 11 is 0. The maximum Gasteiger partial charge on any atom is 0.0547 e. The molecule has 2 heterocycles. The van der Waals surface area contributed by atoms with Gasteiger partial charge in [0.05, 0.1) is 22.2 Å². The number of benzene rings is 7. The van der Waals surface area contributed by atoms with Crippen molar-refractivity contribution in [2.75, 3.05) is 0 Å². The maximum atomic E-state index is 2.49. The third-order valence-electron chi connectivity index (χ3n) is 9.96. The van der Waals surface area contributed by atoms with Crippen LogP contribution in [-0.4, -0.2) is 9.13 Å². The lowest BCUT2D eigenvalue weighted by Gasteiger charge is -2.15. The molecule has 0 aliphatic heterocycles. The number of hydrogen-bond donors (Lipinski definition) is 0. The molecule has 0 atom stereocenters. The van der Waals surface area contributed by atoms with Gasteiger partial charge in [0.1, 0.15) is 0 Å². The second kappa shape index (κ2) is 9.82. The molecule has 0 bridgehead atoms. The summed E-state index contributed by atoms with van der Waals surface area (Å²) in [5.74, 6) is 0. The lowest BCUT2D eigenvalue weighted by molar-refractivity contribution is 0.967. The quantitative estimate of drug-likeness (QED) is 0.182. The molecule has 2 nitrogen and oxygen atoms in total. The summed E-state index contributed by atoms with van der Waals surface area (Å²) in [5.41, 5.74) is 11.4. The number of fused-ring (bicyclic) bond motifs is 9. The van der Waals surface area contributed by atoms with Crippen LogP contribution in [0.5, 0.6) is 0 Å². The van der Waals surface area contributed by atoms with Gasteiger partial charge in [-0.25, -0.2) is 0 Å². The van der Waals surface area contributed by atoms with E-state index in [1.165, 1.54) is 88.0 Å². The van der Waals surface area contributed by atoms with E-state index in [4.69, 9.17) is 0 Å². The Balaban J connectivity index is 1.24. The molecule has 9 aromatic rings. The van der Waals surface area contributed by atoms with Crippen molar-refractivity contribution in [1.82, 2.24) is 9.13 Å². The van der Waals surface area contributed by atoms with Crippen molar-refractivity contribution < 1.29 is 0 Å². The van der Waals surface area contributed by atoms with Crippen LogP contribution in [0.2, 0.25) is 0 Å². The van der Waals surface area contributed by atoms with E-state index in [-0.39, 0.29) is 0 Å². The van der Waals surface area contributed by atoms with Crippen LogP contribution in [0.25, 0.3) is 82.8 Å². The number of rotatable bonds is 3. The van der Waals surface area contributed by atoms with Crippen LogP contribution < -0.4 is 0 Å². The molecule has 216 valence electrons. The average Bonchev–Trinajstić information content (AvgIpc) is 3.64. The minimum Gasteiger partial charge on any atom is -0.310 e. The highest BCUT2D eigenvalue weighted by atomic mass is 15.0. The van der Waals surface area contributed by atoms with Gasteiger partial charge in [0.25, 0.3) is 0 Å². The van der Waals surface area contributed by atoms with E-state index in [0.29, 0.717) is 0 Å². The molecule has 1 aliphatic carbocycles. The maximum absolute atomic E-state index is 2.49. The lowest BCUT2D eigenvalue weighted by atomic mass is 9.97. The summed E-state index contributed by atoms with van der Waals surface area (Å²) in [7, 11) is 0. The molecule has 0 saturated carbocycles. The molecule has 0 amide bonds. The topological polar surface area (TPSA) is 9.86 Å². The summed E-state index contributed by atoms with van der Waals surface area (Å²) in [6.07, 6.45) is 6.76. The van der Waals surface area contributed by atoms with E-state index in [1.54, 1.807) is 0 Å². The minimum atomic E-state index is 1.06. The molecule has 0 spiro atoms. The fourth-order valence-corrected chi connectivity index (χ4v) is 7.90. The fraction of sp³-hybridized carbons (Fsp3) is 0.0455. The van der Waals surface area contributed by atoms with Gasteiger partial charge in [-0.15, -0.1) is 0 Å². The molecule has 0 fully saturated rings. The summed E-state index contributed by atoms with van der Waals surface area (Å²) in [5, 5.41) is 8.99. The second-order valence-corrected chi connectivity index (χ2v) is 12.5. The number of hydrogen-bond acceptors (Lipinski definition) is 0. The van der Waals surface area contributed by atoms with Crippen molar-refractivity contribution in [3.63, 3.8) is 0 Å². The van der Waals surface area contributed by atoms with Gasteiger partial charge in [-0.1, -0.05) is 109 Å². The first-order valence-electron chi connectivity index (χ1n) is 16.2. The smallest absolute Gasteiger partial charge is 0.0547 e. The third-order valence-corrected chi connectivity index (χ3v) is 9.96. The molecule has 0 radical (unpaired) electrons. The van der Waals surface area contributed by atoms with Crippen LogP contribution in [-0.2, 0) is 6.42 Å². The number of allylic oxidation sites excluding steroid dienone is 1. The van der Waals surface area contributed by atoms with Crippen molar-refractivity contribution in [2.45, 2.75) is 12.8 Å². The largest absolute Gasteiger partial charge is 0.310 e. The van der Waals surface area contributed by atoms with Gasteiger partial charge >= 0.3 is 0 Å². The van der Waals surface area contributed by atoms with Gasteiger partial charge in [-0.2, -0.15) is 0 Å². The molecule has 10 rings (SSSR count). The molecule has 0 N–H and O–H groups in total. The minimum absolute atomic E-state index is 1.06. The number of para-hydroxylation sites is 2. The molecule has 46 heavy (non-hydrogen) atoms. The Bertz CT molecular complexity index is 2680. The van der Waals surface area contributed by atoms with Gasteiger partial charge in [0.15, 0.2) is 0 Å². The Morgan fingerprint density at radius 1 is 0.435 bits per heavy atom. The second-order valence-electron chi connectivity index (χ2n) is 12.5. The number of aryl methyl sites for hydroxylation is 1. The van der Waals surface area contributed by atoms with Crippen molar-refractivity contribution in [3.8, 4) is 22.5 Å². The summed E-state index contributed by atoms with van der Waals surface area (Å²) < 4.78 is 4.91. The fourth-order valence-electron chi connectivity index (χ4n) is 7.90. The van der Waals surface area contributed by atoms with Gasteiger partial charge in [0.2, 0.25) is 0 Å². The van der Waals surface area contributed by atoms with Crippen LogP contribution in [0.4, 0.5) is 0 Å². The molecular weight excluding hydrogens is 556 g/mol. The summed E-state index contributed by atoms with van der Waals surface area (Å²) in [4.78, 5) is 0. The Labute approximate surface area is 267 Å². The highest BCUT2D eigenvalue weighted by molar-refractivity contribution is 6.15. The van der Waals surface area contributed by atoms with E-state index in [1.807, 2.05) is 0 Å². The highest BCUT2D eigenvalue weighted by Crippen LogP contribution is 2.40. The first-order chi connectivity index (χ1) is 22.8. The summed E-state index contributed by atoms with van der Waals surface area (Å²) in [6.45, 7) is 0. The van der Waals surface area contributed by atoms with Crippen LogP contribution in [0.15, 0.2) is 152 Å². The molecule has 0 unspecified atom stereocenters. The summed E-state index contributed by atoms with van der Waals surface area (Å²) in [6, 6.07) is 53.6. The van der Waals surface area contributed by atoms with Crippen LogP contribution in [0.3, 0.4) is 0 Å². The highest BCUT2D eigenvalue weighted by Gasteiger charge is 2.20. The van der Waals surface area contributed by atoms with E-state index in [9.17, 15) is 0 Å². The van der Waals surface area contributed by atoms with Gasteiger partial charge < -0.3 is 9.13 Å². The molecule has 2 aromatic heterocycles. The van der Waals surface area contributed by atoms with Crippen molar-refractivity contribution in [3.05, 3.63) is 163 Å². The Hall–Kier alpha value is -5.86. The molecule has 7 aromatic carbocycles. The van der Waals surface area contributed by atoms with Crippen LogP contribution in [0.1, 0.15) is 17.7 Å². The van der Waals surface area contributed by atoms with Gasteiger partial charge in [-0.05, 0) is 94.2 Å². The van der Waals surface area contributed by atoms with Crippen LogP contribution >= 0.6 is 0 Å². The predicted octanol–water partition coefficient (Wildman–Crippen LogP) is 11.7. The van der Waals surface area contributed by atoms with Crippen LogP contribution in [0, 0.1) is 0 Å². The molecular formula is C44H30N2. The Morgan fingerprint density at radius 2 is 1.11 bits per heavy atom. The zero-order valence-corrected chi connectivity index (χ0v) is 25.3. The standard InChI is InChI=1S/C44H30N2/c1-2-13-32(14-3-1)45-40-20-10-9-19-37(40)39-26-29(23-25-42(39)45)30-22-24-38-36-18-8-11-21-41(36)46(43(38)27-30)44-28-31-12-4-5-15-33(31)34-16-6-7-17-35(34)44/h1-8,10-18,20-28H,9,19H2. The van der Waals surface area contributed by atoms with E-state index in [0.717, 1.165) is 12.8 Å². The Morgan fingerprint density at radius 3 is 2.00 bits per heavy atom. The SMILES string of the molecule is C1=Cc2c(c3cc(-c4ccc5c6ccccc6n(-c6cc7ccccc7c7ccccc67)c5c4)ccc3n2-c2ccccc2)CC1. The normalized spacial score (nSPS) is 13.0. The van der Waals surface area contributed by atoms with E-state index < -0.39 is 0 Å². The molecule has 1 aliphatic rings. The third kappa shape index (κ3) is 3.64. The number of aromatic nitrogens is 2. The van der Waals surface area contributed by atoms with E-state index >= 15 is 0 Å². The number of nitrogens with zero attached hydrogens (tertiary/aromatic N) is 2. The van der Waals surface area contributed by atoms with Gasteiger partial charge in [0, 0.05) is 32.9 Å². The monoisotopic (exact) mass is 586 g/mol. The van der Waals surface area contributed by atoms with Crippen molar-refractivity contribution in [1.29, 1.82) is 0 Å².